The molecule has 2 amide bonds. The van der Waals surface area contributed by atoms with E-state index in [1.54, 1.807) is 0 Å². The van der Waals surface area contributed by atoms with Gasteiger partial charge in [0.1, 0.15) is 13.2 Å². The van der Waals surface area contributed by atoms with Gasteiger partial charge in [-0.2, -0.15) is 0 Å². The van der Waals surface area contributed by atoms with Gasteiger partial charge in [-0.15, -0.1) is 0 Å². The first-order valence-corrected chi connectivity index (χ1v) is 9.16. The number of ether oxygens (including phenoxy) is 2. The van der Waals surface area contributed by atoms with E-state index in [-0.39, 0.29) is 23.7 Å². The summed E-state index contributed by atoms with van der Waals surface area (Å²) in [6, 6.07) is 5.76. The van der Waals surface area contributed by atoms with Crippen LogP contribution < -0.4 is 14.8 Å². The molecule has 1 aliphatic carbocycles. The van der Waals surface area contributed by atoms with Crippen molar-refractivity contribution in [2.75, 3.05) is 26.3 Å². The van der Waals surface area contributed by atoms with Gasteiger partial charge in [0.15, 0.2) is 11.5 Å². The summed E-state index contributed by atoms with van der Waals surface area (Å²) in [4.78, 5) is 26.4. The number of carbonyl (C=O) groups is 2. The summed E-state index contributed by atoms with van der Waals surface area (Å²) in [6.07, 6.45) is 3.58. The van der Waals surface area contributed by atoms with E-state index in [0.29, 0.717) is 32.8 Å². The average molecular weight is 344 g/mol. The number of benzene rings is 1. The zero-order valence-electron chi connectivity index (χ0n) is 14.3. The smallest absolute Gasteiger partial charge is 0.225 e. The summed E-state index contributed by atoms with van der Waals surface area (Å²) >= 11 is 0. The van der Waals surface area contributed by atoms with Crippen molar-refractivity contribution in [2.24, 2.45) is 11.8 Å². The molecule has 0 atom stereocenters. The van der Waals surface area contributed by atoms with Crippen molar-refractivity contribution in [1.82, 2.24) is 10.2 Å². The van der Waals surface area contributed by atoms with Crippen molar-refractivity contribution in [2.45, 2.75) is 32.2 Å². The Morgan fingerprint density at radius 2 is 1.72 bits per heavy atom. The van der Waals surface area contributed by atoms with E-state index in [2.05, 4.69) is 5.32 Å². The van der Waals surface area contributed by atoms with Gasteiger partial charge in [0.25, 0.3) is 0 Å². The Morgan fingerprint density at radius 1 is 1.00 bits per heavy atom. The Morgan fingerprint density at radius 3 is 2.44 bits per heavy atom. The fourth-order valence-corrected chi connectivity index (χ4v) is 3.48. The Balaban J connectivity index is 1.26. The van der Waals surface area contributed by atoms with Gasteiger partial charge in [0.05, 0.1) is 0 Å². The second-order valence-electron chi connectivity index (χ2n) is 7.07. The highest BCUT2D eigenvalue weighted by Gasteiger charge is 2.35. The van der Waals surface area contributed by atoms with Crippen LogP contribution in [0.4, 0.5) is 0 Å². The molecule has 0 bridgehead atoms. The summed E-state index contributed by atoms with van der Waals surface area (Å²) in [7, 11) is 0. The molecule has 2 heterocycles. The first-order chi connectivity index (χ1) is 12.2. The lowest BCUT2D eigenvalue weighted by Gasteiger charge is -2.31. The molecule has 0 spiro atoms. The summed E-state index contributed by atoms with van der Waals surface area (Å²) in [6.45, 7) is 3.03. The standard InChI is InChI=1S/C19H24N2O4/c22-18(14-5-7-21(8-6-14)19(23)15-2-3-15)20-12-13-1-4-16-17(11-13)25-10-9-24-16/h1,4,11,14-15H,2-3,5-10,12H2,(H,20,22). The fourth-order valence-electron chi connectivity index (χ4n) is 3.48. The molecule has 2 aliphatic heterocycles. The SMILES string of the molecule is O=C(NCc1ccc2c(c1)OCCO2)C1CCN(C(=O)C2CC2)CC1. The van der Waals surface area contributed by atoms with E-state index in [4.69, 9.17) is 9.47 Å². The number of hydrogen-bond donors (Lipinski definition) is 1. The zero-order valence-corrected chi connectivity index (χ0v) is 14.3. The monoisotopic (exact) mass is 344 g/mol. The molecule has 6 nitrogen and oxygen atoms in total. The number of nitrogens with one attached hydrogen (secondary N) is 1. The molecule has 1 N–H and O–H groups in total. The van der Waals surface area contributed by atoms with Crippen molar-refractivity contribution in [3.8, 4) is 11.5 Å². The van der Waals surface area contributed by atoms with Gasteiger partial charge in [-0.25, -0.2) is 0 Å². The quantitative estimate of drug-likeness (QED) is 0.903. The van der Waals surface area contributed by atoms with Crippen LogP contribution in [0.25, 0.3) is 0 Å². The lowest BCUT2D eigenvalue weighted by atomic mass is 9.95. The molecule has 6 heteroatoms. The maximum atomic E-state index is 12.4. The lowest BCUT2D eigenvalue weighted by Crippen LogP contribution is -2.43. The third kappa shape index (κ3) is 3.72. The molecule has 134 valence electrons. The minimum atomic E-state index is 0.000429. The number of carbonyl (C=O) groups excluding carboxylic acids is 2. The van der Waals surface area contributed by atoms with Crippen LogP contribution in [0.15, 0.2) is 18.2 Å². The molecule has 25 heavy (non-hydrogen) atoms. The normalized spacial score (nSPS) is 20.2. The fraction of sp³-hybridized carbons (Fsp3) is 0.579. The van der Waals surface area contributed by atoms with Gasteiger partial charge >= 0.3 is 0 Å². The predicted octanol–water partition coefficient (Wildman–Crippen LogP) is 1.72. The van der Waals surface area contributed by atoms with Gasteiger partial charge in [0, 0.05) is 31.5 Å². The molecular formula is C19H24N2O4. The maximum Gasteiger partial charge on any atom is 0.225 e. The third-order valence-electron chi connectivity index (χ3n) is 5.18. The summed E-state index contributed by atoms with van der Waals surface area (Å²) < 4.78 is 11.1. The van der Waals surface area contributed by atoms with Crippen molar-refractivity contribution < 1.29 is 19.1 Å². The van der Waals surface area contributed by atoms with Crippen LogP contribution in [0, 0.1) is 11.8 Å². The van der Waals surface area contributed by atoms with Gasteiger partial charge in [-0.3, -0.25) is 9.59 Å². The average Bonchev–Trinajstić information content (AvgIpc) is 3.51. The predicted molar refractivity (Wildman–Crippen MR) is 91.3 cm³/mol. The van der Waals surface area contributed by atoms with Crippen LogP contribution in [0.2, 0.25) is 0 Å². The molecule has 0 radical (unpaired) electrons. The molecule has 4 rings (SSSR count). The Labute approximate surface area is 147 Å². The molecule has 1 aromatic carbocycles. The largest absolute Gasteiger partial charge is 0.486 e. The molecule has 2 fully saturated rings. The van der Waals surface area contributed by atoms with E-state index in [9.17, 15) is 9.59 Å². The summed E-state index contributed by atoms with van der Waals surface area (Å²) in [5.41, 5.74) is 0.999. The Bertz CT molecular complexity index is 663. The Hall–Kier alpha value is -2.24. The highest BCUT2D eigenvalue weighted by atomic mass is 16.6. The minimum Gasteiger partial charge on any atom is -0.486 e. The molecule has 1 saturated carbocycles. The van der Waals surface area contributed by atoms with Crippen molar-refractivity contribution in [1.29, 1.82) is 0 Å². The van der Waals surface area contributed by atoms with E-state index in [1.165, 1.54) is 0 Å². The molecule has 3 aliphatic rings. The van der Waals surface area contributed by atoms with E-state index in [0.717, 1.165) is 42.7 Å². The number of fused-ring (bicyclic) bond motifs is 1. The number of hydrogen-bond acceptors (Lipinski definition) is 4. The number of nitrogens with zero attached hydrogens (tertiary/aromatic N) is 1. The lowest BCUT2D eigenvalue weighted by molar-refractivity contribution is -0.136. The molecule has 0 aromatic heterocycles. The van der Waals surface area contributed by atoms with Crippen LogP contribution in [0.1, 0.15) is 31.2 Å². The second kappa shape index (κ2) is 6.94. The highest BCUT2D eigenvalue weighted by Crippen LogP contribution is 2.33. The Kier molecular flexibility index (Phi) is 4.51. The van der Waals surface area contributed by atoms with Crippen molar-refractivity contribution in [3.63, 3.8) is 0 Å². The first kappa shape index (κ1) is 16.2. The third-order valence-corrected chi connectivity index (χ3v) is 5.18. The minimum absolute atomic E-state index is 0.000429. The van der Waals surface area contributed by atoms with Crippen LogP contribution in [0.3, 0.4) is 0 Å². The number of rotatable bonds is 4. The topological polar surface area (TPSA) is 67.9 Å². The summed E-state index contributed by atoms with van der Waals surface area (Å²) in [5.74, 6) is 2.13. The van der Waals surface area contributed by atoms with Crippen LogP contribution in [-0.2, 0) is 16.1 Å². The number of amides is 2. The van der Waals surface area contributed by atoms with Gasteiger partial charge in [-0.1, -0.05) is 6.07 Å². The number of likely N-dealkylation sites (tertiary alicyclic amines) is 1. The van der Waals surface area contributed by atoms with Gasteiger partial charge in [0.2, 0.25) is 11.8 Å². The number of piperidine rings is 1. The molecule has 1 saturated heterocycles. The van der Waals surface area contributed by atoms with E-state index < -0.39 is 0 Å². The van der Waals surface area contributed by atoms with E-state index in [1.807, 2.05) is 23.1 Å². The van der Waals surface area contributed by atoms with Crippen LogP contribution >= 0.6 is 0 Å². The van der Waals surface area contributed by atoms with Gasteiger partial charge in [-0.05, 0) is 43.4 Å². The summed E-state index contributed by atoms with van der Waals surface area (Å²) in [5, 5.41) is 3.02. The van der Waals surface area contributed by atoms with Crippen molar-refractivity contribution >= 4 is 11.8 Å². The highest BCUT2D eigenvalue weighted by molar-refractivity contribution is 5.82. The zero-order chi connectivity index (χ0) is 17.2. The molecular weight excluding hydrogens is 320 g/mol. The van der Waals surface area contributed by atoms with Crippen molar-refractivity contribution in [3.05, 3.63) is 23.8 Å². The molecule has 0 unspecified atom stereocenters. The maximum absolute atomic E-state index is 12.4. The molecule has 1 aromatic rings. The second-order valence-corrected chi connectivity index (χ2v) is 7.07. The first-order valence-electron chi connectivity index (χ1n) is 9.16. The van der Waals surface area contributed by atoms with E-state index >= 15 is 0 Å². The van der Waals surface area contributed by atoms with Crippen LogP contribution in [0.5, 0.6) is 11.5 Å². The van der Waals surface area contributed by atoms with Gasteiger partial charge < -0.3 is 19.7 Å². The van der Waals surface area contributed by atoms with Crippen LogP contribution in [-0.4, -0.2) is 43.0 Å².